The van der Waals surface area contributed by atoms with Crippen LogP contribution in [-0.2, 0) is 0 Å². The van der Waals surface area contributed by atoms with Crippen LogP contribution in [0, 0.1) is 6.92 Å². The van der Waals surface area contributed by atoms with E-state index in [0.29, 0.717) is 18.0 Å². The summed E-state index contributed by atoms with van der Waals surface area (Å²) in [5.74, 6) is 1.67. The summed E-state index contributed by atoms with van der Waals surface area (Å²) >= 11 is 6.36. The van der Waals surface area contributed by atoms with Gasteiger partial charge in [-0.15, -0.1) is 0 Å². The molecule has 1 atom stereocenters. The molecule has 0 spiro atoms. The third-order valence-corrected chi connectivity index (χ3v) is 3.42. The average Bonchev–Trinajstić information content (AvgIpc) is 2.31. The molecule has 1 rings (SSSR count). The largest absolute Gasteiger partial charge is 0.493 e. The van der Waals surface area contributed by atoms with Crippen molar-refractivity contribution < 1.29 is 9.47 Å². The summed E-state index contributed by atoms with van der Waals surface area (Å²) in [5, 5.41) is 0.739. The van der Waals surface area contributed by atoms with Gasteiger partial charge >= 0.3 is 0 Å². The Kier molecular flexibility index (Phi) is 5.09. The minimum Gasteiger partial charge on any atom is -0.493 e. The molecule has 0 fully saturated rings. The minimum atomic E-state index is 0.247. The summed E-state index contributed by atoms with van der Waals surface area (Å²) in [4.78, 5) is 0. The van der Waals surface area contributed by atoms with Crippen LogP contribution in [0.3, 0.4) is 0 Å². The van der Waals surface area contributed by atoms with Crippen LogP contribution in [0.2, 0.25) is 5.02 Å². The van der Waals surface area contributed by atoms with Gasteiger partial charge in [0.15, 0.2) is 11.5 Å². The Labute approximate surface area is 108 Å². The van der Waals surface area contributed by atoms with Crippen LogP contribution < -0.4 is 15.2 Å². The molecule has 0 saturated heterocycles. The Hall–Kier alpha value is -0.930. The second kappa shape index (κ2) is 6.12. The summed E-state index contributed by atoms with van der Waals surface area (Å²) < 4.78 is 10.7. The molecule has 1 aromatic rings. The minimum absolute atomic E-state index is 0.247. The summed E-state index contributed by atoms with van der Waals surface area (Å²) in [6.07, 6.45) is 0.864. The molecule has 0 bridgehead atoms. The Morgan fingerprint density at radius 3 is 2.47 bits per heavy atom. The Bertz CT molecular complexity index is 393. The van der Waals surface area contributed by atoms with Crippen molar-refractivity contribution in [2.24, 2.45) is 5.73 Å². The van der Waals surface area contributed by atoms with E-state index in [0.717, 1.165) is 22.6 Å². The highest BCUT2D eigenvalue weighted by Crippen LogP contribution is 2.43. The number of halogens is 1. The van der Waals surface area contributed by atoms with Crippen molar-refractivity contribution in [3.8, 4) is 11.5 Å². The lowest BCUT2D eigenvalue weighted by atomic mass is 9.94. The predicted octanol–water partition coefficient (Wildman–Crippen LogP) is 3.12. The van der Waals surface area contributed by atoms with Crippen LogP contribution in [0.4, 0.5) is 0 Å². The van der Waals surface area contributed by atoms with Gasteiger partial charge in [-0.3, -0.25) is 0 Å². The molecular formula is C13H20ClNO2. The Morgan fingerprint density at radius 2 is 2.00 bits per heavy atom. The quantitative estimate of drug-likeness (QED) is 0.882. The topological polar surface area (TPSA) is 44.5 Å². The van der Waals surface area contributed by atoms with Gasteiger partial charge in [0, 0.05) is 5.56 Å². The molecule has 0 aromatic heterocycles. The maximum atomic E-state index is 6.36. The number of nitrogens with two attached hydrogens (primary N) is 1. The molecular weight excluding hydrogens is 238 g/mol. The van der Waals surface area contributed by atoms with Gasteiger partial charge in [-0.1, -0.05) is 18.5 Å². The zero-order valence-corrected chi connectivity index (χ0v) is 11.6. The first-order chi connectivity index (χ1) is 8.06. The lowest BCUT2D eigenvalue weighted by Gasteiger charge is -2.20. The molecule has 3 nitrogen and oxygen atoms in total. The third kappa shape index (κ3) is 2.85. The summed E-state index contributed by atoms with van der Waals surface area (Å²) in [6, 6.07) is 1.89. The van der Waals surface area contributed by atoms with Gasteiger partial charge in [0.25, 0.3) is 0 Å². The van der Waals surface area contributed by atoms with Crippen LogP contribution in [0.15, 0.2) is 6.07 Å². The number of benzene rings is 1. The number of ether oxygens (including phenoxy) is 2. The fraction of sp³-hybridized carbons (Fsp3) is 0.538. The molecule has 0 radical (unpaired) electrons. The van der Waals surface area contributed by atoms with Crippen molar-refractivity contribution in [2.75, 3.05) is 20.8 Å². The summed E-state index contributed by atoms with van der Waals surface area (Å²) in [5.41, 5.74) is 7.57. The van der Waals surface area contributed by atoms with Crippen molar-refractivity contribution in [1.29, 1.82) is 0 Å². The highest BCUT2D eigenvalue weighted by atomic mass is 35.5. The first kappa shape index (κ1) is 14.1. The van der Waals surface area contributed by atoms with Gasteiger partial charge in [0.2, 0.25) is 0 Å². The van der Waals surface area contributed by atoms with E-state index in [1.54, 1.807) is 14.2 Å². The van der Waals surface area contributed by atoms with Gasteiger partial charge < -0.3 is 15.2 Å². The second-order valence-corrected chi connectivity index (χ2v) is 4.51. The number of hydrogen-bond donors (Lipinski definition) is 1. The Balaban J connectivity index is 3.37. The SMILES string of the molecule is COc1cc(C)c(Cl)c(C(C)CCN)c1OC. The van der Waals surface area contributed by atoms with Crippen molar-refractivity contribution >= 4 is 11.6 Å². The lowest BCUT2D eigenvalue weighted by molar-refractivity contribution is 0.349. The van der Waals surface area contributed by atoms with Gasteiger partial charge in [-0.25, -0.2) is 0 Å². The second-order valence-electron chi connectivity index (χ2n) is 4.14. The van der Waals surface area contributed by atoms with Crippen LogP contribution in [0.5, 0.6) is 11.5 Å². The monoisotopic (exact) mass is 257 g/mol. The highest BCUT2D eigenvalue weighted by Gasteiger charge is 2.20. The first-order valence-electron chi connectivity index (χ1n) is 5.67. The molecule has 0 saturated carbocycles. The molecule has 0 amide bonds. The van der Waals surface area contributed by atoms with Crippen molar-refractivity contribution in [2.45, 2.75) is 26.2 Å². The number of aryl methyl sites for hydroxylation is 1. The van der Waals surface area contributed by atoms with E-state index < -0.39 is 0 Å². The molecule has 4 heteroatoms. The van der Waals surface area contributed by atoms with Crippen LogP contribution in [0.1, 0.15) is 30.4 Å². The summed E-state index contributed by atoms with van der Waals surface area (Å²) in [6.45, 7) is 4.68. The van der Waals surface area contributed by atoms with Crippen LogP contribution in [-0.4, -0.2) is 20.8 Å². The lowest BCUT2D eigenvalue weighted by Crippen LogP contribution is -2.08. The van der Waals surface area contributed by atoms with E-state index in [-0.39, 0.29) is 5.92 Å². The van der Waals surface area contributed by atoms with Gasteiger partial charge in [-0.05, 0) is 37.4 Å². The van der Waals surface area contributed by atoms with Gasteiger partial charge in [-0.2, -0.15) is 0 Å². The molecule has 0 aliphatic heterocycles. The average molecular weight is 258 g/mol. The van der Waals surface area contributed by atoms with E-state index in [2.05, 4.69) is 6.92 Å². The van der Waals surface area contributed by atoms with Crippen molar-refractivity contribution in [3.63, 3.8) is 0 Å². The van der Waals surface area contributed by atoms with Crippen molar-refractivity contribution in [3.05, 3.63) is 22.2 Å². The number of methoxy groups -OCH3 is 2. The zero-order chi connectivity index (χ0) is 13.0. The molecule has 1 unspecified atom stereocenters. The zero-order valence-electron chi connectivity index (χ0n) is 10.8. The maximum absolute atomic E-state index is 6.36. The third-order valence-electron chi connectivity index (χ3n) is 2.92. The molecule has 0 aliphatic rings. The fourth-order valence-corrected chi connectivity index (χ4v) is 2.29. The standard InChI is InChI=1S/C13H20ClNO2/c1-8(5-6-15)11-12(14)9(2)7-10(16-3)13(11)17-4/h7-8H,5-6,15H2,1-4H3. The van der Waals surface area contributed by atoms with Crippen LogP contribution >= 0.6 is 11.6 Å². The van der Waals surface area contributed by atoms with Crippen molar-refractivity contribution in [1.82, 2.24) is 0 Å². The maximum Gasteiger partial charge on any atom is 0.165 e. The fourth-order valence-electron chi connectivity index (χ4n) is 1.97. The van der Waals surface area contributed by atoms with E-state index in [1.807, 2.05) is 13.0 Å². The smallest absolute Gasteiger partial charge is 0.165 e. The molecule has 0 aliphatic carbocycles. The van der Waals surface area contributed by atoms with E-state index >= 15 is 0 Å². The normalized spacial score (nSPS) is 12.4. The summed E-state index contributed by atoms with van der Waals surface area (Å²) in [7, 11) is 3.25. The Morgan fingerprint density at radius 1 is 1.35 bits per heavy atom. The van der Waals surface area contributed by atoms with E-state index in [4.69, 9.17) is 26.8 Å². The highest BCUT2D eigenvalue weighted by molar-refractivity contribution is 6.32. The molecule has 1 aromatic carbocycles. The van der Waals surface area contributed by atoms with E-state index in [9.17, 15) is 0 Å². The first-order valence-corrected chi connectivity index (χ1v) is 6.05. The molecule has 2 N–H and O–H groups in total. The molecule has 17 heavy (non-hydrogen) atoms. The van der Waals surface area contributed by atoms with Gasteiger partial charge in [0.1, 0.15) is 0 Å². The molecule has 96 valence electrons. The number of rotatable bonds is 5. The number of hydrogen-bond acceptors (Lipinski definition) is 3. The molecule has 0 heterocycles. The van der Waals surface area contributed by atoms with Gasteiger partial charge in [0.05, 0.1) is 19.2 Å². The predicted molar refractivity (Wildman–Crippen MR) is 71.4 cm³/mol. The van der Waals surface area contributed by atoms with Crippen LogP contribution in [0.25, 0.3) is 0 Å². The van der Waals surface area contributed by atoms with E-state index in [1.165, 1.54) is 0 Å².